The fourth-order valence-corrected chi connectivity index (χ4v) is 12.1. The summed E-state index contributed by atoms with van der Waals surface area (Å²) in [5, 5.41) is 10.0. The molecule has 0 bridgehead atoms. The quantitative estimate of drug-likeness (QED) is 0.121. The Morgan fingerprint density at radius 2 is 0.548 bits per heavy atom. The Kier molecular flexibility index (Phi) is 9.40. The molecule has 13 aromatic carbocycles. The van der Waals surface area contributed by atoms with Gasteiger partial charge in [0.2, 0.25) is 0 Å². The first-order chi connectivity index (χ1) is 36.2. The highest BCUT2D eigenvalue weighted by molar-refractivity contribution is 7.00. The Hall–Kier alpha value is -9.44. The summed E-state index contributed by atoms with van der Waals surface area (Å²) >= 11 is 0. The number of nitrogens with zero attached hydrogens (tertiary/aromatic N) is 2. The minimum Gasteiger partial charge on any atom is -0.311 e. The predicted molar refractivity (Wildman–Crippen MR) is 312 cm³/mol. The van der Waals surface area contributed by atoms with Crippen LogP contribution in [0.5, 0.6) is 0 Å². The van der Waals surface area contributed by atoms with Crippen LogP contribution in [-0.2, 0) is 0 Å². The lowest BCUT2D eigenvalue weighted by Crippen LogP contribution is -2.61. The molecular weight excluding hydrogens is 880 g/mol. The van der Waals surface area contributed by atoms with Crippen LogP contribution < -0.4 is 26.2 Å². The van der Waals surface area contributed by atoms with Gasteiger partial charge in [0.15, 0.2) is 0 Å². The Bertz CT molecular complexity index is 4050. The van der Waals surface area contributed by atoms with E-state index in [4.69, 9.17) is 0 Å². The van der Waals surface area contributed by atoms with E-state index >= 15 is 0 Å². The standard InChI is InChI=1S/C70H45BN2/c1-4-14-46(15-5-1)49-24-26-52(27-25-49)57-42-68-70-69(43-57)73(59-38-34-51(35-39-59)48-18-8-3-9-19-48)67-41-56-31-29-54-21-11-13-23-61(54)63(56)45-65(67)71(70)64-44-62-55(30-28-53-20-10-12-22-60(53)62)40-66(64)72(68)58-36-32-50(33-37-58)47-16-6-2-7-17-47/h1-45H. The maximum absolute atomic E-state index is 2.56. The van der Waals surface area contributed by atoms with Gasteiger partial charge in [-0.05, 0) is 153 Å². The molecule has 2 nitrogen and oxygen atoms in total. The van der Waals surface area contributed by atoms with Crippen molar-refractivity contribution in [2.75, 3.05) is 9.80 Å². The van der Waals surface area contributed by atoms with Crippen molar-refractivity contribution in [3.63, 3.8) is 0 Å². The van der Waals surface area contributed by atoms with Gasteiger partial charge in [-0.15, -0.1) is 0 Å². The lowest BCUT2D eigenvalue weighted by atomic mass is 9.33. The molecule has 0 atom stereocenters. The molecule has 0 unspecified atom stereocenters. The van der Waals surface area contributed by atoms with Crippen molar-refractivity contribution in [1.29, 1.82) is 0 Å². The highest BCUT2D eigenvalue weighted by Crippen LogP contribution is 2.48. The number of hydrogen-bond donors (Lipinski definition) is 0. The molecule has 0 saturated carbocycles. The number of benzene rings is 13. The van der Waals surface area contributed by atoms with Gasteiger partial charge in [0.1, 0.15) is 0 Å². The first-order valence-electron chi connectivity index (χ1n) is 25.3. The summed E-state index contributed by atoms with van der Waals surface area (Å²) in [5.41, 5.74) is 20.4. The maximum atomic E-state index is 2.56. The van der Waals surface area contributed by atoms with Crippen LogP contribution in [0.15, 0.2) is 273 Å². The van der Waals surface area contributed by atoms with E-state index in [-0.39, 0.29) is 6.71 Å². The zero-order valence-corrected chi connectivity index (χ0v) is 40.0. The summed E-state index contributed by atoms with van der Waals surface area (Å²) in [6, 6.07) is 102. The number of rotatable bonds is 6. The second-order valence-corrected chi connectivity index (χ2v) is 19.6. The molecule has 2 aliphatic rings. The molecule has 0 amide bonds. The maximum Gasteiger partial charge on any atom is 0.252 e. The van der Waals surface area contributed by atoms with Crippen LogP contribution in [0.2, 0.25) is 0 Å². The summed E-state index contributed by atoms with van der Waals surface area (Å²) in [6.07, 6.45) is 0. The monoisotopic (exact) mass is 924 g/mol. The van der Waals surface area contributed by atoms with Crippen molar-refractivity contribution in [2.24, 2.45) is 0 Å². The molecule has 0 saturated heterocycles. The summed E-state index contributed by atoms with van der Waals surface area (Å²) in [6.45, 7) is -0.0871. The Balaban J connectivity index is 1.05. The minimum atomic E-state index is -0.0871. The average Bonchev–Trinajstić information content (AvgIpc) is 3.47. The molecule has 3 heteroatoms. The molecule has 2 aliphatic heterocycles. The van der Waals surface area contributed by atoms with E-state index in [1.54, 1.807) is 0 Å². The molecule has 0 aromatic heterocycles. The third-order valence-electron chi connectivity index (χ3n) is 15.6. The highest BCUT2D eigenvalue weighted by atomic mass is 15.2. The molecule has 0 fully saturated rings. The smallest absolute Gasteiger partial charge is 0.252 e. The molecule has 338 valence electrons. The Morgan fingerprint density at radius 1 is 0.219 bits per heavy atom. The summed E-state index contributed by atoms with van der Waals surface area (Å²) in [4.78, 5) is 5.13. The van der Waals surface area contributed by atoms with E-state index in [9.17, 15) is 0 Å². The highest BCUT2D eigenvalue weighted by Gasteiger charge is 2.44. The van der Waals surface area contributed by atoms with Gasteiger partial charge in [0.05, 0.1) is 0 Å². The van der Waals surface area contributed by atoms with Gasteiger partial charge in [0.25, 0.3) is 6.71 Å². The number of hydrogen-bond acceptors (Lipinski definition) is 2. The summed E-state index contributed by atoms with van der Waals surface area (Å²) in [7, 11) is 0. The molecule has 0 aliphatic carbocycles. The van der Waals surface area contributed by atoms with Gasteiger partial charge in [-0.2, -0.15) is 0 Å². The largest absolute Gasteiger partial charge is 0.311 e. The average molecular weight is 925 g/mol. The zero-order valence-electron chi connectivity index (χ0n) is 40.0. The van der Waals surface area contributed by atoms with Crippen LogP contribution in [0, 0.1) is 0 Å². The van der Waals surface area contributed by atoms with E-state index in [1.165, 1.54) is 121 Å². The van der Waals surface area contributed by atoms with Gasteiger partial charge in [-0.25, -0.2) is 0 Å². The molecule has 0 radical (unpaired) electrons. The molecule has 0 spiro atoms. The molecule has 0 N–H and O–H groups in total. The van der Waals surface area contributed by atoms with Crippen LogP contribution in [-0.4, -0.2) is 6.71 Å². The van der Waals surface area contributed by atoms with Crippen molar-refractivity contribution in [2.45, 2.75) is 0 Å². The first kappa shape index (κ1) is 41.4. The third kappa shape index (κ3) is 6.74. The second-order valence-electron chi connectivity index (χ2n) is 19.6. The zero-order chi connectivity index (χ0) is 48.0. The van der Waals surface area contributed by atoms with Gasteiger partial charge < -0.3 is 9.80 Å². The van der Waals surface area contributed by atoms with Crippen molar-refractivity contribution in [3.05, 3.63) is 273 Å². The van der Waals surface area contributed by atoms with Gasteiger partial charge in [-0.3, -0.25) is 0 Å². The van der Waals surface area contributed by atoms with Crippen LogP contribution in [0.3, 0.4) is 0 Å². The predicted octanol–water partition coefficient (Wildman–Crippen LogP) is 17.0. The van der Waals surface area contributed by atoms with E-state index in [2.05, 4.69) is 283 Å². The minimum absolute atomic E-state index is 0.0871. The Labute approximate surface area is 425 Å². The fraction of sp³-hybridized carbons (Fsp3) is 0. The molecule has 73 heavy (non-hydrogen) atoms. The van der Waals surface area contributed by atoms with E-state index < -0.39 is 0 Å². The molecule has 2 heterocycles. The van der Waals surface area contributed by atoms with Crippen molar-refractivity contribution in [1.82, 2.24) is 0 Å². The lowest BCUT2D eigenvalue weighted by molar-refractivity contribution is 1.26. The van der Waals surface area contributed by atoms with Crippen LogP contribution in [0.25, 0.3) is 87.6 Å². The van der Waals surface area contributed by atoms with E-state index in [1.807, 2.05) is 0 Å². The Morgan fingerprint density at radius 3 is 0.959 bits per heavy atom. The number of anilines is 6. The van der Waals surface area contributed by atoms with Crippen molar-refractivity contribution >= 4 is 100 Å². The topological polar surface area (TPSA) is 6.48 Å². The molecule has 13 aromatic rings. The SMILES string of the molecule is c1ccc(-c2ccc(-c3cc4c5c(c3)N(c3ccc(-c6ccccc6)cc3)c3cc6ccc7ccccc7c6cc3B5c3cc5c(ccc6ccccc65)cc3N4c3ccc(-c4ccccc4)cc3)cc2)cc1. The van der Waals surface area contributed by atoms with Crippen molar-refractivity contribution < 1.29 is 0 Å². The molecular formula is C70H45BN2. The van der Waals surface area contributed by atoms with Gasteiger partial charge >= 0.3 is 0 Å². The number of fused-ring (bicyclic) bond motifs is 10. The van der Waals surface area contributed by atoms with Crippen LogP contribution in [0.4, 0.5) is 34.1 Å². The fourth-order valence-electron chi connectivity index (χ4n) is 12.1. The lowest BCUT2D eigenvalue weighted by Gasteiger charge is -2.45. The summed E-state index contributed by atoms with van der Waals surface area (Å²) in [5.74, 6) is 0. The first-order valence-corrected chi connectivity index (χ1v) is 25.3. The van der Waals surface area contributed by atoms with Crippen LogP contribution >= 0.6 is 0 Å². The van der Waals surface area contributed by atoms with Gasteiger partial charge in [0, 0.05) is 34.1 Å². The second kappa shape index (κ2) is 16.6. The normalized spacial score (nSPS) is 12.6. The van der Waals surface area contributed by atoms with E-state index in [0.717, 1.165) is 16.9 Å². The molecule has 15 rings (SSSR count). The van der Waals surface area contributed by atoms with E-state index in [0.29, 0.717) is 0 Å². The van der Waals surface area contributed by atoms with Gasteiger partial charge in [-0.1, -0.05) is 224 Å². The van der Waals surface area contributed by atoms with Crippen molar-refractivity contribution in [3.8, 4) is 44.5 Å². The van der Waals surface area contributed by atoms with Crippen LogP contribution in [0.1, 0.15) is 0 Å². The summed E-state index contributed by atoms with van der Waals surface area (Å²) < 4.78 is 0. The third-order valence-corrected chi connectivity index (χ3v) is 15.6.